The van der Waals surface area contributed by atoms with Gasteiger partial charge in [0.15, 0.2) is 11.6 Å². The molecule has 5 nitrogen and oxygen atoms in total. The summed E-state index contributed by atoms with van der Waals surface area (Å²) in [7, 11) is 3.22. The fourth-order valence-electron chi connectivity index (χ4n) is 5.04. The predicted octanol–water partition coefficient (Wildman–Crippen LogP) is 9.99. The predicted molar refractivity (Wildman–Crippen MR) is 186 cm³/mol. The van der Waals surface area contributed by atoms with E-state index in [1.807, 2.05) is 36.4 Å². The maximum atomic E-state index is 12.6. The van der Waals surface area contributed by atoms with Crippen LogP contribution < -0.4 is 14.4 Å². The summed E-state index contributed by atoms with van der Waals surface area (Å²) in [5.74, 6) is 1.35. The third-order valence-corrected chi connectivity index (χ3v) is 7.75. The maximum absolute atomic E-state index is 12.6. The molecule has 0 saturated heterocycles. The Morgan fingerprint density at radius 1 is 0.556 bits per heavy atom. The SMILES string of the molecule is CCCCCCCCN(c1ccc(C=CC(=O)c2ccc(OC)cc2)cc1)c1ccc(C=CC(=O)c2ccc(OC)cc2)cc1. The van der Waals surface area contributed by atoms with Crippen molar-refractivity contribution in [1.82, 2.24) is 0 Å². The van der Waals surface area contributed by atoms with E-state index < -0.39 is 0 Å². The number of benzene rings is 4. The molecule has 0 heterocycles. The summed E-state index contributed by atoms with van der Waals surface area (Å²) >= 11 is 0. The van der Waals surface area contributed by atoms with E-state index in [2.05, 4.69) is 36.1 Å². The Kier molecular flexibility index (Phi) is 12.8. The van der Waals surface area contributed by atoms with Crippen LogP contribution in [0.5, 0.6) is 11.5 Å². The highest BCUT2D eigenvalue weighted by Crippen LogP contribution is 2.28. The van der Waals surface area contributed by atoms with E-state index in [9.17, 15) is 9.59 Å². The van der Waals surface area contributed by atoms with Crippen molar-refractivity contribution in [2.24, 2.45) is 0 Å². The Bertz CT molecular complexity index is 1440. The summed E-state index contributed by atoms with van der Waals surface area (Å²) in [5, 5.41) is 0. The summed E-state index contributed by atoms with van der Waals surface area (Å²) in [6, 6.07) is 30.9. The topological polar surface area (TPSA) is 55.8 Å². The van der Waals surface area contributed by atoms with Crippen molar-refractivity contribution < 1.29 is 19.1 Å². The van der Waals surface area contributed by atoms with Crippen LogP contribution in [-0.4, -0.2) is 32.3 Å². The molecule has 0 saturated carbocycles. The molecule has 0 N–H and O–H groups in total. The van der Waals surface area contributed by atoms with Gasteiger partial charge in [-0.25, -0.2) is 0 Å². The van der Waals surface area contributed by atoms with E-state index in [4.69, 9.17) is 9.47 Å². The van der Waals surface area contributed by atoms with Gasteiger partial charge in [-0.1, -0.05) is 75.4 Å². The second-order valence-electron chi connectivity index (χ2n) is 11.0. The van der Waals surface area contributed by atoms with E-state index >= 15 is 0 Å². The van der Waals surface area contributed by atoms with Crippen LogP contribution in [0, 0.1) is 0 Å². The summed E-state index contributed by atoms with van der Waals surface area (Å²) in [6.07, 6.45) is 14.3. The lowest BCUT2D eigenvalue weighted by atomic mass is 10.1. The van der Waals surface area contributed by atoms with Gasteiger partial charge in [0.1, 0.15) is 11.5 Å². The molecule has 5 heteroatoms. The van der Waals surface area contributed by atoms with Crippen LogP contribution in [-0.2, 0) is 0 Å². The number of anilines is 2. The van der Waals surface area contributed by atoms with Gasteiger partial charge in [-0.05, 0) is 102 Å². The van der Waals surface area contributed by atoms with E-state index in [-0.39, 0.29) is 11.6 Å². The van der Waals surface area contributed by atoms with Crippen LogP contribution in [0.4, 0.5) is 11.4 Å². The number of allylic oxidation sites excluding steroid dienone is 2. The van der Waals surface area contributed by atoms with Gasteiger partial charge in [0.05, 0.1) is 14.2 Å². The summed E-state index contributed by atoms with van der Waals surface area (Å²) in [6.45, 7) is 3.14. The standard InChI is InChI=1S/C40H43NO4/c1-4-5-6-7-8-9-30-41(35-20-10-31(11-21-35)14-28-39(42)33-16-24-37(44-2)25-17-33)36-22-12-32(13-23-36)15-29-40(43)34-18-26-38(45-3)27-19-34/h10-29H,4-9,30H2,1-3H3. The van der Waals surface area contributed by atoms with Crippen LogP contribution >= 0.6 is 0 Å². The van der Waals surface area contributed by atoms with Gasteiger partial charge < -0.3 is 14.4 Å². The number of rotatable bonds is 17. The normalized spacial score (nSPS) is 11.2. The Balaban J connectivity index is 1.45. The second-order valence-corrected chi connectivity index (χ2v) is 11.0. The Morgan fingerprint density at radius 3 is 1.36 bits per heavy atom. The Morgan fingerprint density at radius 2 is 0.956 bits per heavy atom. The molecular formula is C40H43NO4. The van der Waals surface area contributed by atoms with E-state index in [1.54, 1.807) is 74.9 Å². The highest BCUT2D eigenvalue weighted by molar-refractivity contribution is 6.07. The van der Waals surface area contributed by atoms with E-state index in [0.29, 0.717) is 11.1 Å². The van der Waals surface area contributed by atoms with Gasteiger partial charge in [-0.15, -0.1) is 0 Å². The number of nitrogens with zero attached hydrogens (tertiary/aromatic N) is 1. The van der Waals surface area contributed by atoms with Crippen molar-refractivity contribution in [3.63, 3.8) is 0 Å². The van der Waals surface area contributed by atoms with Gasteiger partial charge in [-0.3, -0.25) is 9.59 Å². The molecule has 0 aromatic heterocycles. The van der Waals surface area contributed by atoms with Crippen LogP contribution in [0.15, 0.2) is 109 Å². The van der Waals surface area contributed by atoms with Crippen molar-refractivity contribution in [2.75, 3.05) is 25.7 Å². The van der Waals surface area contributed by atoms with Crippen molar-refractivity contribution >= 4 is 35.1 Å². The third-order valence-electron chi connectivity index (χ3n) is 7.75. The Hall–Kier alpha value is -4.90. The van der Waals surface area contributed by atoms with Crippen molar-refractivity contribution in [2.45, 2.75) is 45.4 Å². The minimum Gasteiger partial charge on any atom is -0.497 e. The van der Waals surface area contributed by atoms with Crippen LogP contribution in [0.1, 0.15) is 77.3 Å². The molecule has 4 aromatic rings. The molecule has 0 radical (unpaired) electrons. The average molecular weight is 602 g/mol. The number of hydrogen-bond acceptors (Lipinski definition) is 5. The molecule has 0 aliphatic heterocycles. The molecule has 0 aliphatic rings. The maximum Gasteiger partial charge on any atom is 0.185 e. The molecule has 232 valence electrons. The molecule has 4 aromatic carbocycles. The van der Waals surface area contributed by atoms with E-state index in [1.165, 1.54) is 32.1 Å². The summed E-state index contributed by atoms with van der Waals surface area (Å²) < 4.78 is 10.4. The van der Waals surface area contributed by atoms with Crippen LogP contribution in [0.2, 0.25) is 0 Å². The fourth-order valence-corrected chi connectivity index (χ4v) is 5.04. The molecule has 4 rings (SSSR count). The van der Waals surface area contributed by atoms with Gasteiger partial charge in [-0.2, -0.15) is 0 Å². The van der Waals surface area contributed by atoms with Crippen molar-refractivity contribution in [1.29, 1.82) is 0 Å². The lowest BCUT2D eigenvalue weighted by molar-refractivity contribution is 0.103. The molecule has 0 bridgehead atoms. The van der Waals surface area contributed by atoms with E-state index in [0.717, 1.165) is 47.0 Å². The third kappa shape index (κ3) is 10.1. The molecule has 45 heavy (non-hydrogen) atoms. The zero-order chi connectivity index (χ0) is 31.9. The number of carbonyl (C=O) groups is 2. The number of methoxy groups -OCH3 is 2. The number of carbonyl (C=O) groups excluding carboxylic acids is 2. The zero-order valence-corrected chi connectivity index (χ0v) is 26.6. The lowest BCUT2D eigenvalue weighted by Crippen LogP contribution is -2.18. The second kappa shape index (κ2) is 17.4. The molecule has 0 atom stereocenters. The van der Waals surface area contributed by atoms with Crippen molar-refractivity contribution in [3.05, 3.63) is 131 Å². The van der Waals surface area contributed by atoms with Crippen LogP contribution in [0.3, 0.4) is 0 Å². The fraction of sp³-hybridized carbons (Fsp3) is 0.250. The number of hydrogen-bond donors (Lipinski definition) is 0. The first kappa shape index (κ1) is 33.0. The van der Waals surface area contributed by atoms with Gasteiger partial charge in [0, 0.05) is 29.0 Å². The number of ether oxygens (including phenoxy) is 2. The monoisotopic (exact) mass is 601 g/mol. The molecular weight excluding hydrogens is 558 g/mol. The highest BCUT2D eigenvalue weighted by Gasteiger charge is 2.10. The van der Waals surface area contributed by atoms with Gasteiger partial charge in [0.2, 0.25) is 0 Å². The molecule has 0 fully saturated rings. The molecule has 0 aliphatic carbocycles. The smallest absolute Gasteiger partial charge is 0.185 e. The summed E-state index contributed by atoms with van der Waals surface area (Å²) in [5.41, 5.74) is 5.36. The van der Waals surface area contributed by atoms with Gasteiger partial charge >= 0.3 is 0 Å². The van der Waals surface area contributed by atoms with Gasteiger partial charge in [0.25, 0.3) is 0 Å². The lowest BCUT2D eigenvalue weighted by Gasteiger charge is -2.25. The van der Waals surface area contributed by atoms with Crippen LogP contribution in [0.25, 0.3) is 12.2 Å². The molecule has 0 unspecified atom stereocenters. The number of ketones is 2. The number of unbranched alkanes of at least 4 members (excludes halogenated alkanes) is 5. The molecule has 0 spiro atoms. The minimum atomic E-state index is -0.0498. The largest absolute Gasteiger partial charge is 0.497 e. The Labute approximate surface area is 267 Å². The first-order chi connectivity index (χ1) is 22.0. The first-order valence-corrected chi connectivity index (χ1v) is 15.7. The minimum absolute atomic E-state index is 0.0498. The quantitative estimate of drug-likeness (QED) is 0.0685. The molecule has 0 amide bonds. The summed E-state index contributed by atoms with van der Waals surface area (Å²) in [4.78, 5) is 27.6. The first-order valence-electron chi connectivity index (χ1n) is 15.7. The zero-order valence-electron chi connectivity index (χ0n) is 26.6. The van der Waals surface area contributed by atoms with Crippen molar-refractivity contribution in [3.8, 4) is 11.5 Å². The average Bonchev–Trinajstić information content (AvgIpc) is 3.10. The highest BCUT2D eigenvalue weighted by atomic mass is 16.5.